The Labute approximate surface area is 211 Å². The molecular weight excluding hydrogens is 479 g/mol. The lowest BCUT2D eigenvalue weighted by Gasteiger charge is -2.31. The molecule has 9 heteroatoms. The highest BCUT2D eigenvalue weighted by Gasteiger charge is 2.29. The molecule has 0 saturated carbocycles. The molecule has 0 heterocycles. The van der Waals surface area contributed by atoms with Crippen LogP contribution in [-0.4, -0.2) is 50.1 Å². The van der Waals surface area contributed by atoms with Gasteiger partial charge in [-0.05, 0) is 30.0 Å². The van der Waals surface area contributed by atoms with Gasteiger partial charge in [0.25, 0.3) is 5.91 Å². The first-order chi connectivity index (χ1) is 16.2. The van der Waals surface area contributed by atoms with Crippen molar-refractivity contribution in [3.8, 4) is 17.2 Å². The van der Waals surface area contributed by atoms with Crippen LogP contribution in [0.15, 0.2) is 36.4 Å². The van der Waals surface area contributed by atoms with E-state index < -0.39 is 6.04 Å². The van der Waals surface area contributed by atoms with E-state index in [0.717, 1.165) is 5.56 Å². The molecule has 0 saturated heterocycles. The molecule has 2 aromatic carbocycles. The number of ether oxygens (including phenoxy) is 3. The van der Waals surface area contributed by atoms with Crippen LogP contribution in [0.25, 0.3) is 0 Å². The Morgan fingerprint density at radius 2 is 1.59 bits per heavy atom. The number of rotatable bonds is 12. The minimum Gasteiger partial charge on any atom is -0.496 e. The number of hydrogen-bond donors (Lipinski definition) is 1. The molecule has 0 bridgehead atoms. The van der Waals surface area contributed by atoms with Crippen LogP contribution in [0, 0.1) is 5.92 Å². The van der Waals surface area contributed by atoms with Gasteiger partial charge in [-0.25, -0.2) is 0 Å². The standard InChI is InChI=1S/C25H32Cl2N2O5/c1-6-23(25(31)28-13-16(2)3)29(14-17-7-8-21(26)22(27)9-17)24(30)15-34-20-11-18(32-4)10-19(12-20)33-5/h7-12,16,23H,6,13-15H2,1-5H3,(H,28,31)/t23-/m1/s1. The number of methoxy groups -OCH3 is 2. The van der Waals surface area contributed by atoms with Gasteiger partial charge in [0.1, 0.15) is 23.3 Å². The molecule has 0 aliphatic heterocycles. The van der Waals surface area contributed by atoms with E-state index in [4.69, 9.17) is 37.4 Å². The zero-order valence-electron chi connectivity index (χ0n) is 20.2. The highest BCUT2D eigenvalue weighted by Crippen LogP contribution is 2.28. The quantitative estimate of drug-likeness (QED) is 0.436. The van der Waals surface area contributed by atoms with Gasteiger partial charge in [-0.2, -0.15) is 0 Å². The van der Waals surface area contributed by atoms with Crippen molar-refractivity contribution in [1.29, 1.82) is 0 Å². The highest BCUT2D eigenvalue weighted by molar-refractivity contribution is 6.42. The first-order valence-electron chi connectivity index (χ1n) is 11.0. The number of benzene rings is 2. The van der Waals surface area contributed by atoms with Crippen molar-refractivity contribution in [3.63, 3.8) is 0 Å². The summed E-state index contributed by atoms with van der Waals surface area (Å²) in [5, 5.41) is 3.72. The summed E-state index contributed by atoms with van der Waals surface area (Å²) in [6.07, 6.45) is 0.434. The molecular formula is C25H32Cl2N2O5. The number of carbonyl (C=O) groups is 2. The summed E-state index contributed by atoms with van der Waals surface area (Å²) >= 11 is 12.2. The van der Waals surface area contributed by atoms with Crippen molar-refractivity contribution in [2.24, 2.45) is 5.92 Å². The number of nitrogens with one attached hydrogen (secondary N) is 1. The average molecular weight is 511 g/mol. The maximum atomic E-state index is 13.3. The molecule has 1 atom stereocenters. The van der Waals surface area contributed by atoms with Gasteiger partial charge in [0.05, 0.1) is 24.3 Å². The Hall–Kier alpha value is -2.64. The second-order valence-electron chi connectivity index (χ2n) is 8.17. The third kappa shape index (κ3) is 7.99. The summed E-state index contributed by atoms with van der Waals surface area (Å²) < 4.78 is 16.3. The van der Waals surface area contributed by atoms with Crippen molar-refractivity contribution in [2.45, 2.75) is 39.8 Å². The molecule has 34 heavy (non-hydrogen) atoms. The molecule has 2 amide bonds. The van der Waals surface area contributed by atoms with Gasteiger partial charge in [0.2, 0.25) is 5.91 Å². The lowest BCUT2D eigenvalue weighted by molar-refractivity contribution is -0.143. The summed E-state index contributed by atoms with van der Waals surface area (Å²) in [5.41, 5.74) is 0.751. The minimum atomic E-state index is -0.677. The summed E-state index contributed by atoms with van der Waals surface area (Å²) in [6, 6.07) is 9.48. The van der Waals surface area contributed by atoms with Crippen LogP contribution < -0.4 is 19.5 Å². The minimum absolute atomic E-state index is 0.175. The zero-order valence-corrected chi connectivity index (χ0v) is 21.7. The first kappa shape index (κ1) is 27.6. The smallest absolute Gasteiger partial charge is 0.261 e. The fourth-order valence-electron chi connectivity index (χ4n) is 3.27. The molecule has 1 N–H and O–H groups in total. The van der Waals surface area contributed by atoms with Crippen LogP contribution >= 0.6 is 23.2 Å². The Kier molecular flexibility index (Phi) is 10.8. The van der Waals surface area contributed by atoms with Gasteiger partial charge in [0.15, 0.2) is 6.61 Å². The van der Waals surface area contributed by atoms with Crippen LogP contribution in [0.1, 0.15) is 32.8 Å². The third-order valence-corrected chi connectivity index (χ3v) is 5.83. The van der Waals surface area contributed by atoms with E-state index in [-0.39, 0.29) is 30.9 Å². The fraction of sp³-hybridized carbons (Fsp3) is 0.440. The molecule has 0 radical (unpaired) electrons. The van der Waals surface area contributed by atoms with Gasteiger partial charge in [-0.1, -0.05) is 50.0 Å². The van der Waals surface area contributed by atoms with Crippen molar-refractivity contribution in [1.82, 2.24) is 10.2 Å². The maximum absolute atomic E-state index is 13.3. The summed E-state index contributed by atoms with van der Waals surface area (Å²) in [5.74, 6) is 1.21. The number of carbonyl (C=O) groups excluding carboxylic acids is 2. The largest absolute Gasteiger partial charge is 0.496 e. The Morgan fingerprint density at radius 3 is 2.12 bits per heavy atom. The van der Waals surface area contributed by atoms with Crippen LogP contribution in [0.4, 0.5) is 0 Å². The Balaban J connectivity index is 2.26. The van der Waals surface area contributed by atoms with Crippen molar-refractivity contribution < 1.29 is 23.8 Å². The normalized spacial score (nSPS) is 11.6. The lowest BCUT2D eigenvalue weighted by Crippen LogP contribution is -2.50. The van der Waals surface area contributed by atoms with Crippen LogP contribution in [0.3, 0.4) is 0 Å². The predicted octanol–water partition coefficient (Wildman–Crippen LogP) is 4.97. The van der Waals surface area contributed by atoms with E-state index in [0.29, 0.717) is 40.3 Å². The fourth-order valence-corrected chi connectivity index (χ4v) is 3.59. The molecule has 0 aliphatic carbocycles. The average Bonchev–Trinajstić information content (AvgIpc) is 2.82. The maximum Gasteiger partial charge on any atom is 0.261 e. The number of halogens is 2. The molecule has 0 fully saturated rings. The van der Waals surface area contributed by atoms with Gasteiger partial charge in [-0.3, -0.25) is 9.59 Å². The molecule has 2 aromatic rings. The second-order valence-corrected chi connectivity index (χ2v) is 8.98. The summed E-state index contributed by atoms with van der Waals surface area (Å²) in [7, 11) is 3.06. The Bertz CT molecular complexity index is 962. The van der Waals surface area contributed by atoms with Gasteiger partial charge >= 0.3 is 0 Å². The van der Waals surface area contributed by atoms with E-state index >= 15 is 0 Å². The van der Waals surface area contributed by atoms with Crippen molar-refractivity contribution in [3.05, 3.63) is 52.0 Å². The first-order valence-corrected chi connectivity index (χ1v) is 11.8. The molecule has 0 unspecified atom stereocenters. The lowest BCUT2D eigenvalue weighted by atomic mass is 10.1. The molecule has 7 nitrogen and oxygen atoms in total. The molecule has 0 spiro atoms. The third-order valence-electron chi connectivity index (χ3n) is 5.09. The SMILES string of the molecule is CC[C@H](C(=O)NCC(C)C)N(Cc1ccc(Cl)c(Cl)c1)C(=O)COc1cc(OC)cc(OC)c1. The molecule has 0 aliphatic rings. The van der Waals surface area contributed by atoms with E-state index in [1.165, 1.54) is 19.1 Å². The Morgan fingerprint density at radius 1 is 0.971 bits per heavy atom. The van der Waals surface area contributed by atoms with Crippen molar-refractivity contribution in [2.75, 3.05) is 27.4 Å². The van der Waals surface area contributed by atoms with E-state index in [9.17, 15) is 9.59 Å². The van der Waals surface area contributed by atoms with E-state index in [1.54, 1.807) is 36.4 Å². The van der Waals surface area contributed by atoms with Crippen LogP contribution in [-0.2, 0) is 16.1 Å². The monoisotopic (exact) mass is 510 g/mol. The van der Waals surface area contributed by atoms with Gasteiger partial charge in [0, 0.05) is 31.3 Å². The topological polar surface area (TPSA) is 77.1 Å². The summed E-state index contributed by atoms with van der Waals surface area (Å²) in [4.78, 5) is 27.8. The van der Waals surface area contributed by atoms with Crippen LogP contribution in [0.2, 0.25) is 10.0 Å². The number of amides is 2. The highest BCUT2D eigenvalue weighted by atomic mass is 35.5. The van der Waals surface area contributed by atoms with Crippen LogP contribution in [0.5, 0.6) is 17.2 Å². The van der Waals surface area contributed by atoms with E-state index in [2.05, 4.69) is 5.32 Å². The molecule has 186 valence electrons. The number of hydrogen-bond acceptors (Lipinski definition) is 5. The molecule has 2 rings (SSSR count). The number of nitrogens with zero attached hydrogens (tertiary/aromatic N) is 1. The zero-order chi connectivity index (χ0) is 25.3. The predicted molar refractivity (Wildman–Crippen MR) is 134 cm³/mol. The second kappa shape index (κ2) is 13.3. The van der Waals surface area contributed by atoms with E-state index in [1.807, 2.05) is 20.8 Å². The van der Waals surface area contributed by atoms with Gasteiger partial charge < -0.3 is 24.4 Å². The summed E-state index contributed by atoms with van der Waals surface area (Å²) in [6.45, 7) is 6.30. The molecule has 0 aromatic heterocycles. The van der Waals surface area contributed by atoms with Gasteiger partial charge in [-0.15, -0.1) is 0 Å². The van der Waals surface area contributed by atoms with Crippen molar-refractivity contribution >= 4 is 35.0 Å².